The molecule has 3 nitrogen and oxygen atoms in total. The number of ether oxygens (including phenoxy) is 1. The zero-order chi connectivity index (χ0) is 12.5. The summed E-state index contributed by atoms with van der Waals surface area (Å²) in [5, 5.41) is 0. The number of carbonyl (C=O) groups excluding carboxylic acids is 1. The lowest BCUT2D eigenvalue weighted by Crippen LogP contribution is -2.31. The van der Waals surface area contributed by atoms with Gasteiger partial charge in [0, 0.05) is 12.1 Å². The number of fused-ring (bicyclic) bond motifs is 2. The number of hydrogen-bond donors (Lipinski definition) is 0. The van der Waals surface area contributed by atoms with Gasteiger partial charge in [0.05, 0.1) is 5.92 Å². The van der Waals surface area contributed by atoms with Gasteiger partial charge in [0.1, 0.15) is 6.61 Å². The summed E-state index contributed by atoms with van der Waals surface area (Å²) in [7, 11) is 2.13. The lowest BCUT2D eigenvalue weighted by molar-refractivity contribution is -0.150. The van der Waals surface area contributed by atoms with E-state index in [1.165, 1.54) is 6.42 Å². The van der Waals surface area contributed by atoms with E-state index in [0.29, 0.717) is 18.7 Å². The van der Waals surface area contributed by atoms with Gasteiger partial charge in [-0.15, -0.1) is 0 Å². The third-order valence-electron chi connectivity index (χ3n) is 4.41. The van der Waals surface area contributed by atoms with Crippen LogP contribution in [0.1, 0.15) is 24.8 Å². The second-order valence-electron chi connectivity index (χ2n) is 5.40. The van der Waals surface area contributed by atoms with Crippen molar-refractivity contribution in [3.8, 4) is 0 Å². The van der Waals surface area contributed by atoms with Gasteiger partial charge in [-0.25, -0.2) is 0 Å². The van der Waals surface area contributed by atoms with Crippen LogP contribution in [-0.4, -0.2) is 30.0 Å². The zero-order valence-corrected chi connectivity index (χ0v) is 10.7. The summed E-state index contributed by atoms with van der Waals surface area (Å²) in [5.41, 5.74) is 1.06. The van der Waals surface area contributed by atoms with Crippen molar-refractivity contribution in [2.24, 2.45) is 5.92 Å². The van der Waals surface area contributed by atoms with E-state index in [1.54, 1.807) is 0 Å². The Hall–Kier alpha value is -1.35. The monoisotopic (exact) mass is 245 g/mol. The van der Waals surface area contributed by atoms with Gasteiger partial charge in [-0.05, 0) is 31.9 Å². The van der Waals surface area contributed by atoms with Crippen LogP contribution in [0.25, 0.3) is 0 Å². The molecule has 18 heavy (non-hydrogen) atoms. The normalized spacial score (nSPS) is 30.6. The molecule has 2 aliphatic heterocycles. The van der Waals surface area contributed by atoms with E-state index in [2.05, 4.69) is 11.9 Å². The molecule has 0 spiro atoms. The second kappa shape index (κ2) is 4.73. The second-order valence-corrected chi connectivity index (χ2v) is 5.40. The van der Waals surface area contributed by atoms with Gasteiger partial charge in [-0.1, -0.05) is 30.3 Å². The number of esters is 1. The highest BCUT2D eigenvalue weighted by Gasteiger charge is 2.47. The number of carbonyl (C=O) groups is 1. The fourth-order valence-corrected chi connectivity index (χ4v) is 3.35. The van der Waals surface area contributed by atoms with E-state index in [-0.39, 0.29) is 11.9 Å². The number of hydrogen-bond acceptors (Lipinski definition) is 3. The third kappa shape index (κ3) is 2.03. The van der Waals surface area contributed by atoms with Crippen LogP contribution in [0.5, 0.6) is 0 Å². The summed E-state index contributed by atoms with van der Waals surface area (Å²) < 4.78 is 5.45. The molecular weight excluding hydrogens is 226 g/mol. The van der Waals surface area contributed by atoms with Gasteiger partial charge in [0.15, 0.2) is 0 Å². The van der Waals surface area contributed by atoms with E-state index in [0.717, 1.165) is 18.4 Å². The van der Waals surface area contributed by atoms with Crippen molar-refractivity contribution >= 4 is 5.97 Å². The van der Waals surface area contributed by atoms with Crippen molar-refractivity contribution in [3.63, 3.8) is 0 Å². The largest absolute Gasteiger partial charge is 0.461 e. The first-order valence-corrected chi connectivity index (χ1v) is 6.68. The van der Waals surface area contributed by atoms with Crippen LogP contribution in [0, 0.1) is 5.92 Å². The highest BCUT2D eigenvalue weighted by atomic mass is 16.5. The molecule has 0 amide bonds. The van der Waals surface area contributed by atoms with Crippen molar-refractivity contribution in [2.45, 2.75) is 38.0 Å². The van der Waals surface area contributed by atoms with E-state index >= 15 is 0 Å². The van der Waals surface area contributed by atoms with Gasteiger partial charge >= 0.3 is 5.97 Å². The van der Waals surface area contributed by atoms with Crippen molar-refractivity contribution < 1.29 is 9.53 Å². The summed E-state index contributed by atoms with van der Waals surface area (Å²) in [6.45, 7) is 0.400. The summed E-state index contributed by atoms with van der Waals surface area (Å²) in [4.78, 5) is 14.5. The summed E-state index contributed by atoms with van der Waals surface area (Å²) in [6.07, 6.45) is 3.37. The van der Waals surface area contributed by atoms with E-state index in [9.17, 15) is 4.79 Å². The minimum atomic E-state index is -0.0158. The number of nitrogens with zero attached hydrogens (tertiary/aromatic N) is 1. The van der Waals surface area contributed by atoms with E-state index in [4.69, 9.17) is 4.74 Å². The predicted octanol–water partition coefficient (Wildman–Crippen LogP) is 2.21. The Labute approximate surface area is 108 Å². The SMILES string of the molecule is CN1C2CCC1C(C(=O)OCc1ccccc1)C2. The van der Waals surface area contributed by atoms with Gasteiger partial charge in [0.2, 0.25) is 0 Å². The molecule has 3 unspecified atom stereocenters. The first kappa shape index (κ1) is 11.7. The highest BCUT2D eigenvalue weighted by Crippen LogP contribution is 2.40. The van der Waals surface area contributed by atoms with Gasteiger partial charge in [-0.2, -0.15) is 0 Å². The minimum Gasteiger partial charge on any atom is -0.461 e. The topological polar surface area (TPSA) is 29.5 Å². The van der Waals surface area contributed by atoms with E-state index < -0.39 is 0 Å². The van der Waals surface area contributed by atoms with Crippen molar-refractivity contribution in [3.05, 3.63) is 35.9 Å². The first-order valence-electron chi connectivity index (χ1n) is 6.68. The summed E-state index contributed by atoms with van der Waals surface area (Å²) in [5.74, 6) is 0.0790. The molecule has 3 rings (SSSR count). The molecule has 2 aliphatic rings. The molecule has 0 radical (unpaired) electrons. The lowest BCUT2D eigenvalue weighted by atomic mass is 9.89. The summed E-state index contributed by atoms with van der Waals surface area (Å²) in [6, 6.07) is 10.9. The molecule has 96 valence electrons. The highest BCUT2D eigenvalue weighted by molar-refractivity contribution is 5.74. The smallest absolute Gasteiger partial charge is 0.310 e. The summed E-state index contributed by atoms with van der Waals surface area (Å²) >= 11 is 0. The Morgan fingerprint density at radius 3 is 2.72 bits per heavy atom. The molecule has 2 fully saturated rings. The van der Waals surface area contributed by atoms with E-state index in [1.807, 2.05) is 30.3 Å². The van der Waals surface area contributed by atoms with Gasteiger partial charge < -0.3 is 4.74 Å². The van der Waals surface area contributed by atoms with Crippen molar-refractivity contribution in [1.29, 1.82) is 0 Å². The quantitative estimate of drug-likeness (QED) is 0.765. The molecule has 0 N–H and O–H groups in total. The molecular formula is C15H19NO2. The first-order chi connectivity index (χ1) is 8.75. The Bertz CT molecular complexity index is 431. The standard InChI is InChI=1S/C15H19NO2/c1-16-12-7-8-14(16)13(9-12)15(17)18-10-11-5-3-2-4-6-11/h2-6,12-14H,7-10H2,1H3. The molecule has 3 heteroatoms. The minimum absolute atomic E-state index is 0.0158. The van der Waals surface area contributed by atoms with Crippen LogP contribution in [0.3, 0.4) is 0 Å². The predicted molar refractivity (Wildman–Crippen MR) is 68.9 cm³/mol. The fourth-order valence-electron chi connectivity index (χ4n) is 3.35. The molecule has 3 atom stereocenters. The Morgan fingerprint density at radius 2 is 2.11 bits per heavy atom. The Morgan fingerprint density at radius 1 is 1.33 bits per heavy atom. The van der Waals surface area contributed by atoms with Crippen molar-refractivity contribution in [1.82, 2.24) is 4.90 Å². The van der Waals surface area contributed by atoms with Gasteiger partial charge in [-0.3, -0.25) is 9.69 Å². The number of rotatable bonds is 3. The molecule has 2 saturated heterocycles. The van der Waals surface area contributed by atoms with Gasteiger partial charge in [0.25, 0.3) is 0 Å². The molecule has 1 aromatic rings. The molecule has 0 aliphatic carbocycles. The van der Waals surface area contributed by atoms with Crippen molar-refractivity contribution in [2.75, 3.05) is 7.05 Å². The van der Waals surface area contributed by atoms with Crippen LogP contribution < -0.4 is 0 Å². The van der Waals surface area contributed by atoms with Crippen LogP contribution in [0.15, 0.2) is 30.3 Å². The molecule has 0 saturated carbocycles. The molecule has 0 aromatic heterocycles. The Kier molecular flexibility index (Phi) is 3.08. The lowest BCUT2D eigenvalue weighted by Gasteiger charge is -2.20. The van der Waals surface area contributed by atoms with Crippen LogP contribution in [0.4, 0.5) is 0 Å². The maximum atomic E-state index is 12.1. The Balaban J connectivity index is 1.57. The average Bonchev–Trinajstić information content (AvgIpc) is 2.93. The van der Waals surface area contributed by atoms with Crippen LogP contribution >= 0.6 is 0 Å². The van der Waals surface area contributed by atoms with Crippen LogP contribution in [0.2, 0.25) is 0 Å². The van der Waals surface area contributed by atoms with Crippen LogP contribution in [-0.2, 0) is 16.1 Å². The zero-order valence-electron chi connectivity index (χ0n) is 10.7. The molecule has 2 heterocycles. The maximum Gasteiger partial charge on any atom is 0.310 e. The average molecular weight is 245 g/mol. The third-order valence-corrected chi connectivity index (χ3v) is 4.41. The molecule has 1 aromatic carbocycles. The maximum absolute atomic E-state index is 12.1. The molecule has 2 bridgehead atoms. The number of benzene rings is 1. The fraction of sp³-hybridized carbons (Fsp3) is 0.533.